The molecule has 5 atom stereocenters. The molecule has 302 valence electrons. The number of aliphatic hydroxyl groups excluding tert-OH is 1. The largest absolute Gasteiger partial charge is 0.394 e. The molecule has 0 radical (unpaired) electrons. The monoisotopic (exact) mass is 779 g/mol. The van der Waals surface area contributed by atoms with Crippen LogP contribution in [0.3, 0.4) is 0 Å². The molecule has 0 fully saturated rings. The Hall–Kier alpha value is -4.75. The molecule has 19 heteroatoms. The van der Waals surface area contributed by atoms with Crippen molar-refractivity contribution in [1.82, 2.24) is 26.6 Å². The van der Waals surface area contributed by atoms with E-state index in [-0.39, 0.29) is 42.5 Å². The van der Waals surface area contributed by atoms with Crippen LogP contribution >= 0.6 is 12.6 Å². The summed E-state index contributed by atoms with van der Waals surface area (Å²) in [5.41, 5.74) is 17.1. The number of primary amides is 2. The van der Waals surface area contributed by atoms with Crippen LogP contribution < -0.4 is 48.7 Å². The lowest BCUT2D eigenvalue weighted by atomic mass is 10.0. The quantitative estimate of drug-likeness (QED) is 0.0548. The Kier molecular flexibility index (Phi) is 20.2. The second kappa shape index (κ2) is 23.1. The molecule has 0 spiro atoms. The van der Waals surface area contributed by atoms with E-state index in [1.807, 2.05) is 13.8 Å². The summed E-state index contributed by atoms with van der Waals surface area (Å²) >= 11 is 4.27. The summed E-state index contributed by atoms with van der Waals surface area (Å²) in [5.74, 6) is -6.03. The van der Waals surface area contributed by atoms with E-state index >= 15 is 0 Å². The summed E-state index contributed by atoms with van der Waals surface area (Å²) < 4.78 is 0. The molecule has 1 aromatic carbocycles. The number of anilines is 1. The summed E-state index contributed by atoms with van der Waals surface area (Å²) in [4.78, 5) is 103. The highest BCUT2D eigenvalue weighted by Gasteiger charge is 2.33. The highest BCUT2D eigenvalue weighted by atomic mass is 32.1. The molecule has 0 aliphatic heterocycles. The van der Waals surface area contributed by atoms with E-state index in [0.29, 0.717) is 12.1 Å². The molecule has 0 bridgehead atoms. The summed E-state index contributed by atoms with van der Waals surface area (Å²) in [6.45, 7) is 9.17. The maximum Gasteiger partial charge on any atom is 0.251 e. The molecule has 0 aliphatic carbocycles. The normalized spacial score (nSPS) is 13.9. The van der Waals surface area contributed by atoms with Crippen LogP contribution in [-0.4, -0.2) is 108 Å². The number of benzene rings is 1. The fourth-order valence-corrected chi connectivity index (χ4v) is 5.21. The number of thiol groups is 1. The summed E-state index contributed by atoms with van der Waals surface area (Å²) in [7, 11) is 0. The van der Waals surface area contributed by atoms with Crippen molar-refractivity contribution < 1.29 is 43.5 Å². The predicted molar refractivity (Wildman–Crippen MR) is 205 cm³/mol. The van der Waals surface area contributed by atoms with E-state index in [2.05, 4.69) is 39.2 Å². The van der Waals surface area contributed by atoms with Crippen molar-refractivity contribution in [3.63, 3.8) is 0 Å². The third-order valence-electron chi connectivity index (χ3n) is 8.21. The summed E-state index contributed by atoms with van der Waals surface area (Å²) in [6.07, 6.45) is -0.0426. The number of carbonyl (C=O) groups excluding carboxylic acids is 8. The zero-order valence-corrected chi connectivity index (χ0v) is 32.6. The van der Waals surface area contributed by atoms with Crippen molar-refractivity contribution in [2.24, 2.45) is 35.0 Å². The van der Waals surface area contributed by atoms with Crippen LogP contribution in [0.4, 0.5) is 5.69 Å². The minimum Gasteiger partial charge on any atom is -0.394 e. The number of nitrogens with two attached hydrogens (primary N) is 3. The van der Waals surface area contributed by atoms with E-state index in [0.717, 1.165) is 0 Å². The first-order valence-corrected chi connectivity index (χ1v) is 18.3. The topological polar surface area (TPSA) is 298 Å². The van der Waals surface area contributed by atoms with Crippen LogP contribution in [0.1, 0.15) is 71.2 Å². The van der Waals surface area contributed by atoms with Gasteiger partial charge >= 0.3 is 0 Å². The van der Waals surface area contributed by atoms with Gasteiger partial charge in [-0.1, -0.05) is 41.5 Å². The first-order valence-electron chi connectivity index (χ1n) is 17.7. The smallest absolute Gasteiger partial charge is 0.251 e. The van der Waals surface area contributed by atoms with Gasteiger partial charge in [0.25, 0.3) is 5.91 Å². The maximum absolute atomic E-state index is 13.9. The highest BCUT2D eigenvalue weighted by Crippen LogP contribution is 2.19. The van der Waals surface area contributed by atoms with Gasteiger partial charge in [-0.05, 0) is 54.9 Å². The molecule has 0 aromatic heterocycles. The molecule has 0 heterocycles. The molecule has 12 N–H and O–H groups in total. The molecular weight excluding hydrogens is 723 g/mol. The lowest BCUT2D eigenvalue weighted by molar-refractivity contribution is -0.134. The summed E-state index contributed by atoms with van der Waals surface area (Å²) in [6, 6.07) is 0.324. The number of nitrogens with one attached hydrogen (secondary N) is 5. The van der Waals surface area contributed by atoms with Crippen molar-refractivity contribution in [1.29, 1.82) is 0 Å². The molecule has 8 amide bonds. The van der Waals surface area contributed by atoms with Gasteiger partial charge in [0.15, 0.2) is 0 Å². The minimum absolute atomic E-state index is 0.105. The van der Waals surface area contributed by atoms with Gasteiger partial charge in [0.2, 0.25) is 41.4 Å². The van der Waals surface area contributed by atoms with Crippen molar-refractivity contribution in [3.05, 3.63) is 29.8 Å². The number of amides is 8. The Morgan fingerprint density at radius 2 is 1.39 bits per heavy atom. The van der Waals surface area contributed by atoms with Gasteiger partial charge in [0.05, 0.1) is 19.2 Å². The van der Waals surface area contributed by atoms with Crippen LogP contribution in [0.2, 0.25) is 0 Å². The molecule has 1 aromatic rings. The molecule has 18 nitrogen and oxygen atoms in total. The van der Waals surface area contributed by atoms with E-state index in [1.165, 1.54) is 29.2 Å². The van der Waals surface area contributed by atoms with Crippen LogP contribution in [0.5, 0.6) is 0 Å². The van der Waals surface area contributed by atoms with Gasteiger partial charge in [0, 0.05) is 30.0 Å². The Morgan fingerprint density at radius 3 is 1.87 bits per heavy atom. The number of carbonyl (C=O) groups is 8. The van der Waals surface area contributed by atoms with E-state index in [1.54, 1.807) is 27.7 Å². The maximum atomic E-state index is 13.9. The van der Waals surface area contributed by atoms with E-state index < -0.39 is 96.5 Å². The van der Waals surface area contributed by atoms with Gasteiger partial charge < -0.3 is 53.8 Å². The van der Waals surface area contributed by atoms with Gasteiger partial charge in [-0.25, -0.2) is 0 Å². The van der Waals surface area contributed by atoms with Crippen molar-refractivity contribution >= 4 is 65.6 Å². The van der Waals surface area contributed by atoms with E-state index in [4.69, 9.17) is 17.2 Å². The Morgan fingerprint density at radius 1 is 0.778 bits per heavy atom. The lowest BCUT2D eigenvalue weighted by Gasteiger charge is -2.30. The molecule has 54 heavy (non-hydrogen) atoms. The van der Waals surface area contributed by atoms with Crippen LogP contribution in [-0.2, 0) is 33.6 Å². The van der Waals surface area contributed by atoms with Gasteiger partial charge in [-0.15, -0.1) is 0 Å². The Bertz CT molecular complexity index is 1470. The predicted octanol–water partition coefficient (Wildman–Crippen LogP) is -1.95. The average molecular weight is 780 g/mol. The number of hydrogen-bond acceptors (Lipinski definition) is 11. The second-order valence-electron chi connectivity index (χ2n) is 13.9. The minimum atomic E-state index is -1.52. The molecule has 0 aliphatic rings. The van der Waals surface area contributed by atoms with Gasteiger partial charge in [0.1, 0.15) is 24.2 Å². The second-order valence-corrected chi connectivity index (χ2v) is 14.4. The third kappa shape index (κ3) is 15.7. The number of aliphatic hydroxyl groups is 1. The number of nitrogens with zero attached hydrogens (tertiary/aromatic N) is 1. The fourth-order valence-electron chi connectivity index (χ4n) is 5.01. The zero-order chi connectivity index (χ0) is 41.3. The number of hydrogen-bond donors (Lipinski definition) is 10. The Labute approximate surface area is 321 Å². The lowest BCUT2D eigenvalue weighted by Crippen LogP contribution is -2.58. The number of rotatable bonds is 23. The van der Waals surface area contributed by atoms with Gasteiger partial charge in [-0.3, -0.25) is 38.4 Å². The zero-order valence-electron chi connectivity index (χ0n) is 31.7. The first-order chi connectivity index (χ1) is 25.2. The third-order valence-corrected chi connectivity index (χ3v) is 8.41. The van der Waals surface area contributed by atoms with Crippen LogP contribution in [0.25, 0.3) is 0 Å². The van der Waals surface area contributed by atoms with Crippen molar-refractivity contribution in [3.8, 4) is 0 Å². The molecule has 0 unspecified atom stereocenters. The molecular formula is C35H57N9O9S. The van der Waals surface area contributed by atoms with Crippen molar-refractivity contribution in [2.45, 2.75) is 91.0 Å². The standard InChI is InChI=1S/C35H57N9O9S/c1-18(2)15-24(30(38)48)42-31(49)21-7-9-22(10-8-21)44(13-14-54)35(53)29(20(5)6)43-33(51)25(17-45)40-27(47)16-39-32(50)23(11-12-26(36)46)41-34(52)28(37)19(3)4/h7-10,18-20,23-25,28-29,45,54H,11-17,37H2,1-6H3,(H2,36,46)(H2,38,48)(H,39,50)(H,40,47)(H,41,52)(H,42,49)(H,43,51)/t23-,24-,25-,28-,29-/m0/s1. The fraction of sp³-hybridized carbons (Fsp3) is 0.600. The Balaban J connectivity index is 3.03. The SMILES string of the molecule is CC(C)C[C@H](NC(=O)c1ccc(N(CCS)C(=O)[C@@H](NC(=O)[C@H](CO)NC(=O)CNC(=O)[C@H](CCC(N)=O)NC(=O)[C@@H](N)C(C)C)C(C)C)cc1)C(N)=O. The first kappa shape index (κ1) is 47.3. The van der Waals surface area contributed by atoms with Crippen LogP contribution in [0, 0.1) is 17.8 Å². The summed E-state index contributed by atoms with van der Waals surface area (Å²) in [5, 5.41) is 22.2. The highest BCUT2D eigenvalue weighted by molar-refractivity contribution is 7.80. The van der Waals surface area contributed by atoms with Crippen LogP contribution in [0.15, 0.2) is 24.3 Å². The molecule has 1 rings (SSSR count). The molecule has 0 saturated heterocycles. The van der Waals surface area contributed by atoms with Crippen molar-refractivity contribution in [2.75, 3.05) is 30.3 Å². The molecule has 0 saturated carbocycles. The average Bonchev–Trinajstić information content (AvgIpc) is 3.10. The van der Waals surface area contributed by atoms with E-state index in [9.17, 15) is 43.5 Å². The van der Waals surface area contributed by atoms with Gasteiger partial charge in [-0.2, -0.15) is 12.6 Å².